The first-order valence-corrected chi connectivity index (χ1v) is 12.4. The molecule has 0 N–H and O–H groups in total. The van der Waals surface area contributed by atoms with Gasteiger partial charge in [0.2, 0.25) is 5.91 Å². The maximum Gasteiger partial charge on any atom is 0.264 e. The minimum absolute atomic E-state index is 0.0159. The molecule has 176 valence electrons. The number of carbonyl (C=O) groups is 1. The SMILES string of the molecule is COc1ccc(N(CC(=O)N2CCc3ccccc32)S(=O)(=O)c2ccc3c(c2)OCCO3)cc1. The highest BCUT2D eigenvalue weighted by atomic mass is 32.2. The third kappa shape index (κ3) is 4.03. The molecule has 0 aliphatic carbocycles. The fraction of sp³-hybridized carbons (Fsp3) is 0.240. The second kappa shape index (κ2) is 8.90. The standard InChI is InChI=1S/C25H24N2O6S/c1-31-20-8-6-19(7-9-20)27(17-25(28)26-13-12-18-4-2-3-5-22(18)26)34(29,30)21-10-11-23-24(16-21)33-15-14-32-23/h2-11,16H,12-15,17H2,1H3. The molecule has 9 heteroatoms. The maximum absolute atomic E-state index is 13.8. The summed E-state index contributed by atoms with van der Waals surface area (Å²) < 4.78 is 45.0. The van der Waals surface area contributed by atoms with Gasteiger partial charge in [-0.3, -0.25) is 9.10 Å². The van der Waals surface area contributed by atoms with E-state index in [9.17, 15) is 13.2 Å². The van der Waals surface area contributed by atoms with Crippen molar-refractivity contribution in [1.29, 1.82) is 0 Å². The van der Waals surface area contributed by atoms with E-state index in [-0.39, 0.29) is 17.3 Å². The van der Waals surface area contributed by atoms with E-state index in [2.05, 4.69) is 0 Å². The largest absolute Gasteiger partial charge is 0.497 e. The van der Waals surface area contributed by atoms with E-state index in [1.807, 2.05) is 24.3 Å². The maximum atomic E-state index is 13.8. The summed E-state index contributed by atoms with van der Waals surface area (Å²) in [5, 5.41) is 0. The molecule has 0 bridgehead atoms. The summed E-state index contributed by atoms with van der Waals surface area (Å²) in [7, 11) is -2.56. The number of hydrogen-bond acceptors (Lipinski definition) is 6. The van der Waals surface area contributed by atoms with Gasteiger partial charge in [-0.2, -0.15) is 0 Å². The van der Waals surface area contributed by atoms with Gasteiger partial charge in [0.25, 0.3) is 10.0 Å². The van der Waals surface area contributed by atoms with Crippen molar-refractivity contribution in [3.8, 4) is 17.2 Å². The lowest BCUT2D eigenvalue weighted by Crippen LogP contribution is -2.42. The van der Waals surface area contributed by atoms with Crippen LogP contribution in [0.4, 0.5) is 11.4 Å². The van der Waals surface area contributed by atoms with Crippen LogP contribution in [0.25, 0.3) is 0 Å². The van der Waals surface area contributed by atoms with Gasteiger partial charge in [-0.15, -0.1) is 0 Å². The van der Waals surface area contributed by atoms with Crippen molar-refractivity contribution in [2.24, 2.45) is 0 Å². The first kappa shape index (κ1) is 22.1. The summed E-state index contributed by atoms with van der Waals surface area (Å²) in [5.74, 6) is 1.13. The van der Waals surface area contributed by atoms with Crippen LogP contribution in [-0.2, 0) is 21.2 Å². The van der Waals surface area contributed by atoms with Crippen LogP contribution in [0.3, 0.4) is 0 Å². The van der Waals surface area contributed by atoms with Gasteiger partial charge in [-0.05, 0) is 54.4 Å². The van der Waals surface area contributed by atoms with Crippen molar-refractivity contribution in [2.75, 3.05) is 42.6 Å². The second-order valence-electron chi connectivity index (χ2n) is 7.94. The Labute approximate surface area is 198 Å². The normalized spacial score (nSPS) is 14.4. The van der Waals surface area contributed by atoms with E-state index >= 15 is 0 Å². The van der Waals surface area contributed by atoms with Crippen LogP contribution in [0.1, 0.15) is 5.56 Å². The second-order valence-corrected chi connectivity index (χ2v) is 9.80. The minimum Gasteiger partial charge on any atom is -0.497 e. The van der Waals surface area contributed by atoms with Gasteiger partial charge in [0.15, 0.2) is 11.5 Å². The van der Waals surface area contributed by atoms with E-state index < -0.39 is 10.0 Å². The summed E-state index contributed by atoms with van der Waals surface area (Å²) >= 11 is 0. The smallest absolute Gasteiger partial charge is 0.264 e. The molecule has 0 aromatic heterocycles. The Hall–Kier alpha value is -3.72. The third-order valence-electron chi connectivity index (χ3n) is 5.93. The highest BCUT2D eigenvalue weighted by Gasteiger charge is 2.32. The highest BCUT2D eigenvalue weighted by Crippen LogP contribution is 2.35. The average molecular weight is 481 g/mol. The molecule has 3 aromatic carbocycles. The number of fused-ring (bicyclic) bond motifs is 2. The van der Waals surface area contributed by atoms with Crippen LogP contribution < -0.4 is 23.4 Å². The number of sulfonamides is 1. The number of para-hydroxylation sites is 1. The Bertz CT molecular complexity index is 1320. The van der Waals surface area contributed by atoms with Gasteiger partial charge in [-0.1, -0.05) is 18.2 Å². The number of anilines is 2. The van der Waals surface area contributed by atoms with Crippen LogP contribution in [0.5, 0.6) is 17.2 Å². The molecule has 0 spiro atoms. The lowest BCUT2D eigenvalue weighted by molar-refractivity contribution is -0.117. The van der Waals surface area contributed by atoms with Crippen LogP contribution >= 0.6 is 0 Å². The molecular formula is C25H24N2O6S. The predicted molar refractivity (Wildman–Crippen MR) is 127 cm³/mol. The van der Waals surface area contributed by atoms with E-state index in [0.29, 0.717) is 42.7 Å². The number of amides is 1. The predicted octanol–water partition coefficient (Wildman–Crippen LogP) is 3.25. The highest BCUT2D eigenvalue weighted by molar-refractivity contribution is 7.92. The first-order chi connectivity index (χ1) is 16.5. The monoisotopic (exact) mass is 480 g/mol. The number of hydrogen-bond donors (Lipinski definition) is 0. The summed E-state index contributed by atoms with van der Waals surface area (Å²) in [6, 6.07) is 18.7. The number of carbonyl (C=O) groups excluding carboxylic acids is 1. The lowest BCUT2D eigenvalue weighted by Gasteiger charge is -2.27. The average Bonchev–Trinajstić information content (AvgIpc) is 3.31. The molecule has 2 aliphatic heterocycles. The molecular weight excluding hydrogens is 456 g/mol. The minimum atomic E-state index is -4.10. The first-order valence-electron chi connectivity index (χ1n) is 10.9. The summed E-state index contributed by atoms with van der Waals surface area (Å²) in [5.41, 5.74) is 2.25. The van der Waals surface area contributed by atoms with Crippen molar-refractivity contribution >= 4 is 27.3 Å². The van der Waals surface area contributed by atoms with Gasteiger partial charge >= 0.3 is 0 Å². The molecule has 0 fully saturated rings. The molecule has 2 heterocycles. The van der Waals surface area contributed by atoms with Crippen molar-refractivity contribution in [3.63, 3.8) is 0 Å². The zero-order chi connectivity index (χ0) is 23.7. The Balaban J connectivity index is 1.51. The Kier molecular flexibility index (Phi) is 5.79. The molecule has 1 amide bonds. The molecule has 2 aliphatic rings. The van der Waals surface area contributed by atoms with Crippen molar-refractivity contribution in [1.82, 2.24) is 0 Å². The molecule has 34 heavy (non-hydrogen) atoms. The van der Waals surface area contributed by atoms with Crippen LogP contribution in [0.15, 0.2) is 71.6 Å². The van der Waals surface area contributed by atoms with Gasteiger partial charge in [-0.25, -0.2) is 8.42 Å². The number of nitrogens with zero attached hydrogens (tertiary/aromatic N) is 2. The van der Waals surface area contributed by atoms with Crippen LogP contribution in [0, 0.1) is 0 Å². The van der Waals surface area contributed by atoms with Gasteiger partial charge in [0.05, 0.1) is 17.7 Å². The molecule has 0 saturated heterocycles. The fourth-order valence-corrected chi connectivity index (χ4v) is 5.61. The lowest BCUT2D eigenvalue weighted by atomic mass is 10.2. The summed E-state index contributed by atoms with van der Waals surface area (Å²) in [6.07, 6.45) is 0.735. The Morgan fingerprint density at radius 2 is 1.74 bits per heavy atom. The molecule has 0 saturated carbocycles. The van der Waals surface area contributed by atoms with Crippen LogP contribution in [0.2, 0.25) is 0 Å². The van der Waals surface area contributed by atoms with Crippen molar-refractivity contribution in [2.45, 2.75) is 11.3 Å². The number of ether oxygens (including phenoxy) is 3. The van der Waals surface area contributed by atoms with Crippen molar-refractivity contribution in [3.05, 3.63) is 72.3 Å². The topological polar surface area (TPSA) is 85.4 Å². The molecule has 0 atom stereocenters. The van der Waals surface area contributed by atoms with E-state index in [4.69, 9.17) is 14.2 Å². The van der Waals surface area contributed by atoms with Gasteiger partial charge < -0.3 is 19.1 Å². The zero-order valence-electron chi connectivity index (χ0n) is 18.6. The number of methoxy groups -OCH3 is 1. The Morgan fingerprint density at radius 1 is 1.00 bits per heavy atom. The third-order valence-corrected chi connectivity index (χ3v) is 7.70. The molecule has 0 radical (unpaired) electrons. The van der Waals surface area contributed by atoms with Crippen molar-refractivity contribution < 1.29 is 27.4 Å². The number of rotatable bonds is 6. The van der Waals surface area contributed by atoms with E-state index in [1.165, 1.54) is 19.2 Å². The Morgan fingerprint density at radius 3 is 2.50 bits per heavy atom. The molecule has 3 aromatic rings. The van der Waals surface area contributed by atoms with E-state index in [0.717, 1.165) is 22.0 Å². The molecule has 8 nitrogen and oxygen atoms in total. The van der Waals surface area contributed by atoms with Gasteiger partial charge in [0.1, 0.15) is 25.5 Å². The van der Waals surface area contributed by atoms with E-state index in [1.54, 1.807) is 35.2 Å². The quantitative estimate of drug-likeness (QED) is 0.539. The fourth-order valence-electron chi connectivity index (χ4n) is 4.18. The van der Waals surface area contributed by atoms with Crippen LogP contribution in [-0.4, -0.2) is 47.7 Å². The zero-order valence-corrected chi connectivity index (χ0v) is 19.5. The number of benzene rings is 3. The molecule has 0 unspecified atom stereocenters. The van der Waals surface area contributed by atoms with Gasteiger partial charge in [0, 0.05) is 18.3 Å². The molecule has 5 rings (SSSR count). The summed E-state index contributed by atoms with van der Waals surface area (Å²) in [6.45, 7) is 0.907. The summed E-state index contributed by atoms with van der Waals surface area (Å²) in [4.78, 5) is 15.0.